The normalized spacial score (nSPS) is 13.1. The first-order valence-corrected chi connectivity index (χ1v) is 6.89. The molecule has 0 aliphatic carbocycles. The fraction of sp³-hybridized carbons (Fsp3) is 0.571. The number of amides is 1. The van der Waals surface area contributed by atoms with Gasteiger partial charge in [0, 0.05) is 12.2 Å². The highest BCUT2D eigenvalue weighted by Crippen LogP contribution is 2.22. The van der Waals surface area contributed by atoms with Gasteiger partial charge >= 0.3 is 0 Å². The van der Waals surface area contributed by atoms with E-state index in [1.54, 1.807) is 12.1 Å². The third kappa shape index (κ3) is 5.17. The van der Waals surface area contributed by atoms with Crippen LogP contribution in [0.3, 0.4) is 0 Å². The average Bonchev–Trinajstić information content (AvgIpc) is 2.33. The minimum atomic E-state index is -0.200. The lowest BCUT2D eigenvalue weighted by Crippen LogP contribution is -2.50. The predicted molar refractivity (Wildman–Crippen MR) is 78.0 cm³/mol. The van der Waals surface area contributed by atoms with Crippen LogP contribution in [0.5, 0.6) is 0 Å². The monoisotopic (exact) mass is 283 g/mol. The van der Waals surface area contributed by atoms with Crippen molar-refractivity contribution in [2.75, 3.05) is 0 Å². The third-order valence-electron chi connectivity index (χ3n) is 2.97. The Bertz CT molecular complexity index is 412. The van der Waals surface area contributed by atoms with Crippen molar-refractivity contribution in [2.45, 2.75) is 46.6 Å². The molecule has 1 atom stereocenters. The van der Waals surface area contributed by atoms with Crippen LogP contribution in [-0.2, 0) is 0 Å². The summed E-state index contributed by atoms with van der Waals surface area (Å²) in [6.07, 6.45) is 3.53. The molecule has 1 rings (SSSR count). The van der Waals surface area contributed by atoms with Crippen LogP contribution in [0, 0.1) is 5.41 Å². The molecular formula is C14H22ClN3O. The SMILES string of the molecule is CCCC(NNC(=O)c1ccc(Cl)nc1)C(C)(C)C. The van der Waals surface area contributed by atoms with Crippen molar-refractivity contribution in [1.29, 1.82) is 0 Å². The Labute approximate surface area is 119 Å². The summed E-state index contributed by atoms with van der Waals surface area (Å²) >= 11 is 5.69. The Kier molecular flexibility index (Phi) is 5.76. The van der Waals surface area contributed by atoms with Crippen LogP contribution in [0.4, 0.5) is 0 Å². The maximum absolute atomic E-state index is 11.9. The fourth-order valence-electron chi connectivity index (χ4n) is 1.75. The lowest BCUT2D eigenvalue weighted by atomic mass is 9.84. The summed E-state index contributed by atoms with van der Waals surface area (Å²) in [5.41, 5.74) is 6.42. The maximum atomic E-state index is 11.9. The number of halogens is 1. The van der Waals surface area contributed by atoms with Gasteiger partial charge in [0.25, 0.3) is 5.91 Å². The maximum Gasteiger partial charge on any atom is 0.266 e. The molecule has 1 aromatic heterocycles. The number of hydrazine groups is 1. The second-order valence-corrected chi connectivity index (χ2v) is 6.06. The number of carbonyl (C=O) groups is 1. The molecule has 1 heterocycles. The quantitative estimate of drug-likeness (QED) is 0.645. The van der Waals surface area contributed by atoms with E-state index in [9.17, 15) is 4.79 Å². The van der Waals surface area contributed by atoms with E-state index < -0.39 is 0 Å². The molecule has 2 N–H and O–H groups in total. The molecule has 0 saturated heterocycles. The van der Waals surface area contributed by atoms with Crippen LogP contribution < -0.4 is 10.9 Å². The molecule has 1 unspecified atom stereocenters. The number of hydrogen-bond acceptors (Lipinski definition) is 3. The second kappa shape index (κ2) is 6.87. The number of nitrogens with one attached hydrogen (secondary N) is 2. The lowest BCUT2D eigenvalue weighted by Gasteiger charge is -2.31. The molecule has 5 heteroatoms. The number of rotatable bonds is 5. The number of nitrogens with zero attached hydrogens (tertiary/aromatic N) is 1. The van der Waals surface area contributed by atoms with E-state index in [1.165, 1.54) is 6.20 Å². The molecule has 0 aliphatic rings. The first-order valence-electron chi connectivity index (χ1n) is 6.52. The van der Waals surface area contributed by atoms with E-state index in [2.05, 4.69) is 43.5 Å². The molecule has 1 amide bonds. The Morgan fingerprint density at radius 1 is 1.42 bits per heavy atom. The Morgan fingerprint density at radius 3 is 2.58 bits per heavy atom. The van der Waals surface area contributed by atoms with Gasteiger partial charge in [-0.05, 0) is 24.0 Å². The zero-order valence-corrected chi connectivity index (χ0v) is 12.7. The van der Waals surface area contributed by atoms with Gasteiger partial charge in [-0.3, -0.25) is 10.2 Å². The second-order valence-electron chi connectivity index (χ2n) is 5.68. The van der Waals surface area contributed by atoms with Crippen LogP contribution in [-0.4, -0.2) is 16.9 Å². The van der Waals surface area contributed by atoms with Crippen LogP contribution in [0.25, 0.3) is 0 Å². The van der Waals surface area contributed by atoms with Gasteiger partial charge in [0.15, 0.2) is 0 Å². The molecule has 0 saturated carbocycles. The van der Waals surface area contributed by atoms with E-state index in [-0.39, 0.29) is 17.4 Å². The molecule has 0 fully saturated rings. The van der Waals surface area contributed by atoms with Crippen molar-refractivity contribution in [3.05, 3.63) is 29.0 Å². The molecule has 4 nitrogen and oxygen atoms in total. The summed E-state index contributed by atoms with van der Waals surface area (Å²) in [6, 6.07) is 3.48. The molecule has 106 valence electrons. The lowest BCUT2D eigenvalue weighted by molar-refractivity contribution is 0.0904. The van der Waals surface area contributed by atoms with Crippen molar-refractivity contribution in [3.8, 4) is 0 Å². The topological polar surface area (TPSA) is 54.0 Å². The number of aromatic nitrogens is 1. The van der Waals surface area contributed by atoms with Gasteiger partial charge in [-0.2, -0.15) is 0 Å². The summed E-state index contributed by atoms with van der Waals surface area (Å²) in [5, 5.41) is 0.378. The van der Waals surface area contributed by atoms with Crippen molar-refractivity contribution in [2.24, 2.45) is 5.41 Å². The molecule has 0 bridgehead atoms. The minimum Gasteiger partial charge on any atom is -0.287 e. The van der Waals surface area contributed by atoms with Gasteiger partial charge in [-0.25, -0.2) is 10.4 Å². The largest absolute Gasteiger partial charge is 0.287 e. The van der Waals surface area contributed by atoms with Crippen molar-refractivity contribution < 1.29 is 4.79 Å². The van der Waals surface area contributed by atoms with Crippen LogP contribution >= 0.6 is 11.6 Å². The molecule has 1 aromatic rings. The smallest absolute Gasteiger partial charge is 0.266 e. The zero-order chi connectivity index (χ0) is 14.5. The van der Waals surface area contributed by atoms with Gasteiger partial charge in [0.1, 0.15) is 5.15 Å². The van der Waals surface area contributed by atoms with Gasteiger partial charge in [-0.1, -0.05) is 45.7 Å². The first-order chi connectivity index (χ1) is 8.84. The summed E-state index contributed by atoms with van der Waals surface area (Å²) < 4.78 is 0. The summed E-state index contributed by atoms with van der Waals surface area (Å²) in [5.74, 6) is -0.200. The van der Waals surface area contributed by atoms with E-state index >= 15 is 0 Å². The van der Waals surface area contributed by atoms with E-state index in [4.69, 9.17) is 11.6 Å². The molecule has 0 radical (unpaired) electrons. The standard InChI is InChI=1S/C14H22ClN3O/c1-5-6-11(14(2,3)4)17-18-13(19)10-7-8-12(15)16-9-10/h7-9,11,17H,5-6H2,1-4H3,(H,18,19). The Hall–Kier alpha value is -1.13. The molecule has 0 spiro atoms. The van der Waals surface area contributed by atoms with Crippen molar-refractivity contribution in [1.82, 2.24) is 15.8 Å². The van der Waals surface area contributed by atoms with Gasteiger partial charge in [0.2, 0.25) is 0 Å². The summed E-state index contributed by atoms with van der Waals surface area (Å²) in [4.78, 5) is 15.8. The van der Waals surface area contributed by atoms with E-state index in [0.717, 1.165) is 12.8 Å². The highest BCUT2D eigenvalue weighted by molar-refractivity contribution is 6.29. The molecule has 0 aromatic carbocycles. The van der Waals surface area contributed by atoms with E-state index in [0.29, 0.717) is 10.7 Å². The van der Waals surface area contributed by atoms with Crippen LogP contribution in [0.2, 0.25) is 5.15 Å². The predicted octanol–water partition coefficient (Wildman–Crippen LogP) is 3.18. The van der Waals surface area contributed by atoms with Crippen LogP contribution in [0.15, 0.2) is 18.3 Å². The number of hydrogen-bond donors (Lipinski definition) is 2. The van der Waals surface area contributed by atoms with E-state index in [1.807, 2.05) is 0 Å². The highest BCUT2D eigenvalue weighted by Gasteiger charge is 2.24. The Balaban J connectivity index is 2.59. The zero-order valence-electron chi connectivity index (χ0n) is 12.0. The number of pyridine rings is 1. The van der Waals surface area contributed by atoms with Gasteiger partial charge in [0.05, 0.1) is 5.56 Å². The van der Waals surface area contributed by atoms with Crippen LogP contribution in [0.1, 0.15) is 50.9 Å². The average molecular weight is 284 g/mol. The van der Waals surface area contributed by atoms with Crippen molar-refractivity contribution >= 4 is 17.5 Å². The Morgan fingerprint density at radius 2 is 2.11 bits per heavy atom. The van der Waals surface area contributed by atoms with Crippen molar-refractivity contribution in [3.63, 3.8) is 0 Å². The number of carbonyl (C=O) groups excluding carboxylic acids is 1. The minimum absolute atomic E-state index is 0.0849. The van der Waals surface area contributed by atoms with Gasteiger partial charge < -0.3 is 0 Å². The third-order valence-corrected chi connectivity index (χ3v) is 3.20. The molecular weight excluding hydrogens is 262 g/mol. The summed E-state index contributed by atoms with van der Waals surface area (Å²) in [7, 11) is 0. The fourth-order valence-corrected chi connectivity index (χ4v) is 1.86. The first kappa shape index (κ1) is 15.9. The molecule has 19 heavy (non-hydrogen) atoms. The highest BCUT2D eigenvalue weighted by atomic mass is 35.5. The summed E-state index contributed by atoms with van der Waals surface area (Å²) in [6.45, 7) is 8.58. The molecule has 0 aliphatic heterocycles. The van der Waals surface area contributed by atoms with Gasteiger partial charge in [-0.15, -0.1) is 0 Å².